The molecule has 1 fully saturated rings. The van der Waals surface area contributed by atoms with E-state index < -0.39 is 23.2 Å². The van der Waals surface area contributed by atoms with Crippen molar-refractivity contribution in [1.82, 2.24) is 4.98 Å². The van der Waals surface area contributed by atoms with Gasteiger partial charge in [-0.25, -0.2) is 4.98 Å². The lowest BCUT2D eigenvalue weighted by molar-refractivity contribution is -0.0329. The standard InChI is InChI=1S/C17H16F3N3OS/c18-17(19,20)25-16-14(7-4-8-21-16)15(24)22-12-5-3-6-13(11-12)23-9-1-2-10-23/h3-8,11H,1-2,9-10H2,(H,22,24). The summed E-state index contributed by atoms with van der Waals surface area (Å²) in [5.41, 5.74) is -3.07. The van der Waals surface area contributed by atoms with Gasteiger partial charge in [0.1, 0.15) is 5.03 Å². The number of benzene rings is 1. The summed E-state index contributed by atoms with van der Waals surface area (Å²) in [6.07, 6.45) is 3.49. The van der Waals surface area contributed by atoms with E-state index in [1.165, 1.54) is 18.3 Å². The van der Waals surface area contributed by atoms with Crippen LogP contribution in [0.2, 0.25) is 0 Å². The zero-order chi connectivity index (χ0) is 17.9. The molecule has 0 atom stereocenters. The second-order valence-electron chi connectivity index (χ2n) is 5.60. The molecule has 132 valence electrons. The summed E-state index contributed by atoms with van der Waals surface area (Å²) >= 11 is -0.390. The van der Waals surface area contributed by atoms with Crippen molar-refractivity contribution in [1.29, 1.82) is 0 Å². The Morgan fingerprint density at radius 3 is 2.64 bits per heavy atom. The van der Waals surface area contributed by atoms with Gasteiger partial charge in [0.25, 0.3) is 5.91 Å². The Labute approximate surface area is 147 Å². The SMILES string of the molecule is O=C(Nc1cccc(N2CCCC2)c1)c1cccnc1SC(F)(F)F. The third-order valence-electron chi connectivity index (χ3n) is 3.80. The number of halogens is 3. The topological polar surface area (TPSA) is 45.2 Å². The van der Waals surface area contributed by atoms with Crippen molar-refractivity contribution in [3.63, 3.8) is 0 Å². The normalized spacial score (nSPS) is 14.6. The molecule has 0 saturated carbocycles. The van der Waals surface area contributed by atoms with Gasteiger partial charge >= 0.3 is 5.51 Å². The molecule has 0 radical (unpaired) electrons. The number of rotatable bonds is 4. The Morgan fingerprint density at radius 2 is 1.92 bits per heavy atom. The second kappa shape index (κ2) is 7.35. The van der Waals surface area contributed by atoms with Crippen LogP contribution < -0.4 is 10.2 Å². The maximum atomic E-state index is 12.6. The number of nitrogens with one attached hydrogen (secondary N) is 1. The average Bonchev–Trinajstić information content (AvgIpc) is 3.08. The Morgan fingerprint density at radius 1 is 1.16 bits per heavy atom. The van der Waals surface area contributed by atoms with E-state index in [0.29, 0.717) is 5.69 Å². The van der Waals surface area contributed by atoms with Gasteiger partial charge < -0.3 is 10.2 Å². The van der Waals surface area contributed by atoms with E-state index in [2.05, 4.69) is 15.2 Å². The van der Waals surface area contributed by atoms with E-state index in [1.54, 1.807) is 6.07 Å². The molecule has 2 heterocycles. The smallest absolute Gasteiger partial charge is 0.371 e. The first-order valence-electron chi connectivity index (χ1n) is 7.79. The van der Waals surface area contributed by atoms with Crippen molar-refractivity contribution in [3.8, 4) is 0 Å². The molecule has 25 heavy (non-hydrogen) atoms. The molecule has 3 rings (SSSR count). The molecule has 0 bridgehead atoms. The molecule has 1 aliphatic heterocycles. The number of carbonyl (C=O) groups is 1. The van der Waals surface area contributed by atoms with Crippen LogP contribution in [0.5, 0.6) is 0 Å². The molecule has 2 aromatic rings. The fraction of sp³-hybridized carbons (Fsp3) is 0.294. The van der Waals surface area contributed by atoms with Gasteiger partial charge in [0.2, 0.25) is 0 Å². The molecule has 0 aliphatic carbocycles. The minimum Gasteiger partial charge on any atom is -0.371 e. The monoisotopic (exact) mass is 367 g/mol. The molecule has 1 amide bonds. The molecule has 8 heteroatoms. The van der Waals surface area contributed by atoms with Gasteiger partial charge in [-0.2, -0.15) is 13.2 Å². The molecule has 1 aliphatic rings. The number of nitrogens with zero attached hydrogens (tertiary/aromatic N) is 2. The Bertz CT molecular complexity index is 761. The van der Waals surface area contributed by atoms with Gasteiger partial charge in [0.15, 0.2) is 0 Å². The summed E-state index contributed by atoms with van der Waals surface area (Å²) in [6, 6.07) is 10.1. The predicted octanol–water partition coefficient (Wildman–Crippen LogP) is 4.55. The van der Waals surface area contributed by atoms with Crippen LogP contribution in [-0.2, 0) is 0 Å². The van der Waals surface area contributed by atoms with Gasteiger partial charge in [-0.15, -0.1) is 0 Å². The van der Waals surface area contributed by atoms with Gasteiger partial charge in [-0.3, -0.25) is 4.79 Å². The summed E-state index contributed by atoms with van der Waals surface area (Å²) < 4.78 is 37.9. The lowest BCUT2D eigenvalue weighted by atomic mass is 10.2. The van der Waals surface area contributed by atoms with Crippen LogP contribution in [0.15, 0.2) is 47.6 Å². The largest absolute Gasteiger partial charge is 0.447 e. The molecule has 0 spiro atoms. The molecule has 1 N–H and O–H groups in total. The number of pyridine rings is 1. The summed E-state index contributed by atoms with van der Waals surface area (Å²) in [7, 11) is 0. The van der Waals surface area contributed by atoms with Gasteiger partial charge in [-0.05, 0) is 43.2 Å². The number of alkyl halides is 3. The second-order valence-corrected chi connectivity index (χ2v) is 6.66. The number of carbonyl (C=O) groups excluding carboxylic acids is 1. The first-order valence-corrected chi connectivity index (χ1v) is 8.61. The maximum absolute atomic E-state index is 12.6. The van der Waals surface area contributed by atoms with Gasteiger partial charge in [0, 0.05) is 42.4 Å². The molecular weight excluding hydrogens is 351 g/mol. The van der Waals surface area contributed by atoms with E-state index in [1.807, 2.05) is 18.2 Å². The minimum absolute atomic E-state index is 0.101. The van der Waals surface area contributed by atoms with Crippen molar-refractivity contribution >= 4 is 29.0 Å². The Balaban J connectivity index is 1.78. The van der Waals surface area contributed by atoms with Gasteiger partial charge in [0.05, 0.1) is 5.56 Å². The number of amides is 1. The third-order valence-corrected chi connectivity index (χ3v) is 4.55. The predicted molar refractivity (Wildman–Crippen MR) is 92.0 cm³/mol. The van der Waals surface area contributed by atoms with Crippen molar-refractivity contribution in [2.75, 3.05) is 23.3 Å². The lowest BCUT2D eigenvalue weighted by Crippen LogP contribution is -2.18. The highest BCUT2D eigenvalue weighted by Gasteiger charge is 2.32. The Kier molecular flexibility index (Phi) is 5.17. The molecule has 1 saturated heterocycles. The van der Waals surface area contributed by atoms with Gasteiger partial charge in [-0.1, -0.05) is 6.07 Å². The zero-order valence-electron chi connectivity index (χ0n) is 13.2. The van der Waals surface area contributed by atoms with Crippen molar-refractivity contribution in [2.45, 2.75) is 23.4 Å². The average molecular weight is 367 g/mol. The van der Waals surface area contributed by atoms with Crippen molar-refractivity contribution < 1.29 is 18.0 Å². The summed E-state index contributed by atoms with van der Waals surface area (Å²) in [6.45, 7) is 1.93. The maximum Gasteiger partial charge on any atom is 0.447 e. The fourth-order valence-corrected chi connectivity index (χ4v) is 3.31. The number of hydrogen-bond acceptors (Lipinski definition) is 4. The molecule has 0 unspecified atom stereocenters. The van der Waals surface area contributed by atoms with Crippen LogP contribution in [0, 0.1) is 0 Å². The van der Waals surface area contributed by atoms with Crippen LogP contribution >= 0.6 is 11.8 Å². The zero-order valence-corrected chi connectivity index (χ0v) is 14.0. The van der Waals surface area contributed by atoms with E-state index in [0.717, 1.165) is 31.6 Å². The fourth-order valence-electron chi connectivity index (χ4n) is 2.71. The van der Waals surface area contributed by atoms with Crippen LogP contribution in [-0.4, -0.2) is 29.5 Å². The quantitative estimate of drug-likeness (QED) is 0.806. The van der Waals surface area contributed by atoms with E-state index >= 15 is 0 Å². The first kappa shape index (κ1) is 17.6. The van der Waals surface area contributed by atoms with Crippen LogP contribution in [0.3, 0.4) is 0 Å². The highest BCUT2D eigenvalue weighted by Crippen LogP contribution is 2.37. The third kappa shape index (κ3) is 4.66. The Hall–Kier alpha value is -2.22. The number of anilines is 2. The van der Waals surface area contributed by atoms with Crippen LogP contribution in [0.4, 0.5) is 24.5 Å². The number of thioether (sulfide) groups is 1. The van der Waals surface area contributed by atoms with Crippen molar-refractivity contribution in [2.24, 2.45) is 0 Å². The molecule has 1 aromatic carbocycles. The van der Waals surface area contributed by atoms with Crippen molar-refractivity contribution in [3.05, 3.63) is 48.2 Å². The number of hydrogen-bond donors (Lipinski definition) is 1. The van der Waals surface area contributed by atoms with E-state index in [-0.39, 0.29) is 10.6 Å². The summed E-state index contributed by atoms with van der Waals surface area (Å²) in [5.74, 6) is -0.613. The molecule has 1 aromatic heterocycles. The highest BCUT2D eigenvalue weighted by atomic mass is 32.2. The summed E-state index contributed by atoms with van der Waals surface area (Å²) in [5, 5.41) is 2.30. The van der Waals surface area contributed by atoms with Crippen LogP contribution in [0.25, 0.3) is 0 Å². The highest BCUT2D eigenvalue weighted by molar-refractivity contribution is 8.00. The summed E-state index contributed by atoms with van der Waals surface area (Å²) in [4.78, 5) is 18.3. The molecular formula is C17H16F3N3OS. The molecule has 4 nitrogen and oxygen atoms in total. The number of aromatic nitrogens is 1. The minimum atomic E-state index is -4.50. The van der Waals surface area contributed by atoms with E-state index in [9.17, 15) is 18.0 Å². The van der Waals surface area contributed by atoms with Crippen LogP contribution in [0.1, 0.15) is 23.2 Å². The lowest BCUT2D eigenvalue weighted by Gasteiger charge is -2.18. The first-order chi connectivity index (χ1) is 11.9. The van der Waals surface area contributed by atoms with E-state index in [4.69, 9.17) is 0 Å².